The molecule has 1 aliphatic heterocycles. The molecule has 1 aromatic heterocycles. The largest absolute Gasteiger partial charge is 0.492 e. The second-order valence-corrected chi connectivity index (χ2v) is 7.98. The fourth-order valence-electron chi connectivity index (χ4n) is 3.69. The van der Waals surface area contributed by atoms with E-state index in [0.29, 0.717) is 36.2 Å². The number of carbonyl (C=O) groups excluding carboxylic acids is 2. The maximum atomic E-state index is 12.8. The van der Waals surface area contributed by atoms with Gasteiger partial charge in [0.2, 0.25) is 0 Å². The normalized spacial score (nSPS) is 18.9. The van der Waals surface area contributed by atoms with Crippen molar-refractivity contribution in [3.8, 4) is 5.75 Å². The summed E-state index contributed by atoms with van der Waals surface area (Å²) in [4.78, 5) is 31.5. The number of nitrogens with zero attached hydrogens (tertiary/aromatic N) is 2. The summed E-state index contributed by atoms with van der Waals surface area (Å²) in [6, 6.07) is 13.2. The SMILES string of the molecule is Cc1cccc(C(=O)N2CCCC(COc3ccccc3C(=O)NC3CC3)C2)n1. The first-order chi connectivity index (χ1) is 14.1. The molecule has 1 unspecified atom stereocenters. The zero-order valence-corrected chi connectivity index (χ0v) is 16.8. The number of hydrogen-bond donors (Lipinski definition) is 1. The molecule has 2 amide bonds. The van der Waals surface area contributed by atoms with Crippen molar-refractivity contribution in [2.24, 2.45) is 5.92 Å². The molecule has 2 heterocycles. The molecule has 0 radical (unpaired) electrons. The van der Waals surface area contributed by atoms with E-state index in [2.05, 4.69) is 10.3 Å². The van der Waals surface area contributed by atoms with Crippen molar-refractivity contribution in [1.82, 2.24) is 15.2 Å². The van der Waals surface area contributed by atoms with E-state index in [-0.39, 0.29) is 17.7 Å². The zero-order valence-electron chi connectivity index (χ0n) is 16.8. The molecule has 1 aromatic carbocycles. The number of ether oxygens (including phenoxy) is 1. The van der Waals surface area contributed by atoms with E-state index in [1.54, 1.807) is 12.1 Å². The van der Waals surface area contributed by atoms with Gasteiger partial charge in [-0.05, 0) is 56.9 Å². The number of hydrogen-bond acceptors (Lipinski definition) is 4. The van der Waals surface area contributed by atoms with Crippen molar-refractivity contribution in [2.75, 3.05) is 19.7 Å². The molecule has 4 rings (SSSR count). The lowest BCUT2D eigenvalue weighted by Crippen LogP contribution is -2.42. The quantitative estimate of drug-likeness (QED) is 0.818. The molecular formula is C23H27N3O3. The molecule has 1 saturated heterocycles. The molecular weight excluding hydrogens is 366 g/mol. The fraction of sp³-hybridized carbons (Fsp3) is 0.435. The first-order valence-corrected chi connectivity index (χ1v) is 10.4. The van der Waals surface area contributed by atoms with Gasteiger partial charge in [0.15, 0.2) is 0 Å². The highest BCUT2D eigenvalue weighted by Crippen LogP contribution is 2.24. The smallest absolute Gasteiger partial charge is 0.272 e. The topological polar surface area (TPSA) is 71.5 Å². The molecule has 1 aliphatic carbocycles. The van der Waals surface area contributed by atoms with Gasteiger partial charge in [0.05, 0.1) is 12.2 Å². The van der Waals surface area contributed by atoms with Crippen LogP contribution in [0, 0.1) is 12.8 Å². The van der Waals surface area contributed by atoms with Gasteiger partial charge >= 0.3 is 0 Å². The van der Waals surface area contributed by atoms with Crippen LogP contribution in [0.25, 0.3) is 0 Å². The Morgan fingerprint density at radius 2 is 1.97 bits per heavy atom. The van der Waals surface area contributed by atoms with Crippen LogP contribution >= 0.6 is 0 Å². The lowest BCUT2D eigenvalue weighted by molar-refractivity contribution is 0.0627. The van der Waals surface area contributed by atoms with Crippen molar-refractivity contribution in [2.45, 2.75) is 38.6 Å². The third-order valence-electron chi connectivity index (χ3n) is 5.43. The molecule has 1 atom stereocenters. The van der Waals surface area contributed by atoms with Crippen LogP contribution in [0.2, 0.25) is 0 Å². The number of benzene rings is 1. The summed E-state index contributed by atoms with van der Waals surface area (Å²) < 4.78 is 6.04. The van der Waals surface area contributed by atoms with Gasteiger partial charge < -0.3 is 15.0 Å². The van der Waals surface area contributed by atoms with Crippen LogP contribution in [0.15, 0.2) is 42.5 Å². The van der Waals surface area contributed by atoms with Gasteiger partial charge in [0.1, 0.15) is 11.4 Å². The van der Waals surface area contributed by atoms with E-state index >= 15 is 0 Å². The summed E-state index contributed by atoms with van der Waals surface area (Å²) in [5, 5.41) is 3.01. The van der Waals surface area contributed by atoms with E-state index in [0.717, 1.165) is 37.9 Å². The molecule has 1 N–H and O–H groups in total. The number of para-hydroxylation sites is 1. The maximum Gasteiger partial charge on any atom is 0.272 e. The predicted molar refractivity (Wildman–Crippen MR) is 110 cm³/mol. The molecule has 2 aromatic rings. The van der Waals surface area contributed by atoms with Gasteiger partial charge in [0.25, 0.3) is 11.8 Å². The Labute approximate surface area is 171 Å². The van der Waals surface area contributed by atoms with Crippen LogP contribution in [0.4, 0.5) is 0 Å². The Bertz CT molecular complexity index is 894. The lowest BCUT2D eigenvalue weighted by atomic mass is 9.98. The molecule has 2 fully saturated rings. The van der Waals surface area contributed by atoms with Gasteiger partial charge in [-0.3, -0.25) is 9.59 Å². The number of likely N-dealkylation sites (tertiary alicyclic amines) is 1. The van der Waals surface area contributed by atoms with Crippen LogP contribution < -0.4 is 10.1 Å². The summed E-state index contributed by atoms with van der Waals surface area (Å²) >= 11 is 0. The summed E-state index contributed by atoms with van der Waals surface area (Å²) in [6.07, 6.45) is 4.05. The number of aryl methyl sites for hydroxylation is 1. The van der Waals surface area contributed by atoms with E-state index < -0.39 is 0 Å². The second kappa shape index (κ2) is 8.64. The molecule has 152 valence electrons. The van der Waals surface area contributed by atoms with Crippen molar-refractivity contribution in [1.29, 1.82) is 0 Å². The van der Waals surface area contributed by atoms with Crippen molar-refractivity contribution >= 4 is 11.8 Å². The highest BCUT2D eigenvalue weighted by Gasteiger charge is 2.27. The van der Waals surface area contributed by atoms with Gasteiger partial charge in [0, 0.05) is 30.7 Å². The Balaban J connectivity index is 1.36. The molecule has 6 heteroatoms. The van der Waals surface area contributed by atoms with E-state index in [1.807, 2.05) is 42.2 Å². The van der Waals surface area contributed by atoms with Gasteiger partial charge in [-0.25, -0.2) is 4.98 Å². The fourth-order valence-corrected chi connectivity index (χ4v) is 3.69. The van der Waals surface area contributed by atoms with Crippen LogP contribution in [0.5, 0.6) is 5.75 Å². The number of nitrogens with one attached hydrogen (secondary N) is 1. The first kappa shape index (κ1) is 19.4. The molecule has 2 aliphatic rings. The average Bonchev–Trinajstić information content (AvgIpc) is 3.56. The Hall–Kier alpha value is -2.89. The van der Waals surface area contributed by atoms with Crippen LogP contribution in [-0.4, -0.2) is 47.4 Å². The monoisotopic (exact) mass is 393 g/mol. The predicted octanol–water partition coefficient (Wildman–Crippen LogP) is 3.21. The first-order valence-electron chi connectivity index (χ1n) is 10.4. The van der Waals surface area contributed by atoms with Crippen LogP contribution in [0.3, 0.4) is 0 Å². The van der Waals surface area contributed by atoms with Crippen LogP contribution in [0.1, 0.15) is 52.2 Å². The number of aromatic nitrogens is 1. The summed E-state index contributed by atoms with van der Waals surface area (Å²) in [5.41, 5.74) is 1.91. The number of amides is 2. The maximum absolute atomic E-state index is 12.8. The van der Waals surface area contributed by atoms with E-state index in [4.69, 9.17) is 4.74 Å². The molecule has 6 nitrogen and oxygen atoms in total. The number of rotatable bonds is 6. The highest BCUT2D eigenvalue weighted by atomic mass is 16.5. The minimum Gasteiger partial charge on any atom is -0.492 e. The zero-order chi connectivity index (χ0) is 20.2. The Kier molecular flexibility index (Phi) is 5.79. The Morgan fingerprint density at radius 1 is 1.14 bits per heavy atom. The Morgan fingerprint density at radius 3 is 2.76 bits per heavy atom. The second-order valence-electron chi connectivity index (χ2n) is 7.98. The minimum absolute atomic E-state index is 0.0254. The highest BCUT2D eigenvalue weighted by molar-refractivity contribution is 5.97. The summed E-state index contributed by atoms with van der Waals surface area (Å²) in [6.45, 7) is 3.76. The van der Waals surface area contributed by atoms with Gasteiger partial charge in [-0.15, -0.1) is 0 Å². The summed E-state index contributed by atoms with van der Waals surface area (Å²) in [7, 11) is 0. The average molecular weight is 393 g/mol. The molecule has 0 spiro atoms. The van der Waals surface area contributed by atoms with Crippen LogP contribution in [-0.2, 0) is 0 Å². The van der Waals surface area contributed by atoms with Gasteiger partial charge in [-0.2, -0.15) is 0 Å². The van der Waals surface area contributed by atoms with Crippen molar-refractivity contribution in [3.63, 3.8) is 0 Å². The number of piperidine rings is 1. The number of carbonyl (C=O) groups is 2. The molecule has 1 saturated carbocycles. The minimum atomic E-state index is -0.0749. The third kappa shape index (κ3) is 4.94. The van der Waals surface area contributed by atoms with Crippen molar-refractivity contribution < 1.29 is 14.3 Å². The lowest BCUT2D eigenvalue weighted by Gasteiger charge is -2.32. The standard InChI is InChI=1S/C23H27N3O3/c1-16-6-4-9-20(24-16)23(28)26-13-5-7-17(14-26)15-29-21-10-3-2-8-19(21)22(27)25-18-11-12-18/h2-4,6,8-10,17-18H,5,7,11-15H2,1H3,(H,25,27). The van der Waals surface area contributed by atoms with E-state index in [1.165, 1.54) is 0 Å². The molecule has 0 bridgehead atoms. The number of pyridine rings is 1. The summed E-state index contributed by atoms with van der Waals surface area (Å²) in [5.74, 6) is 0.739. The van der Waals surface area contributed by atoms with Gasteiger partial charge in [-0.1, -0.05) is 18.2 Å². The third-order valence-corrected chi connectivity index (χ3v) is 5.43. The molecule has 29 heavy (non-hydrogen) atoms. The van der Waals surface area contributed by atoms with Crippen molar-refractivity contribution in [3.05, 3.63) is 59.4 Å². The van der Waals surface area contributed by atoms with E-state index in [9.17, 15) is 9.59 Å².